The maximum absolute atomic E-state index is 12.8. The minimum Gasteiger partial charge on any atom is -0.342 e. The van der Waals surface area contributed by atoms with Gasteiger partial charge >= 0.3 is 0 Å². The molecular formula is C19H17FN3O2+. The van der Waals surface area contributed by atoms with Crippen molar-refractivity contribution in [1.29, 1.82) is 0 Å². The van der Waals surface area contributed by atoms with Crippen LogP contribution in [0.5, 0.6) is 0 Å². The summed E-state index contributed by atoms with van der Waals surface area (Å²) >= 11 is 0. The first-order valence-corrected chi connectivity index (χ1v) is 7.80. The third-order valence-corrected chi connectivity index (χ3v) is 3.65. The number of carbonyl (C=O) groups excluding carboxylic acids is 2. The number of nitrogens with one attached hydrogen (secondary N) is 2. The molecular weight excluding hydrogens is 321 g/mol. The molecule has 0 bridgehead atoms. The van der Waals surface area contributed by atoms with Crippen LogP contribution in [0.2, 0.25) is 0 Å². The van der Waals surface area contributed by atoms with Crippen LogP contribution in [0.1, 0.15) is 0 Å². The van der Waals surface area contributed by atoms with E-state index in [4.69, 9.17) is 0 Å². The van der Waals surface area contributed by atoms with Crippen LogP contribution in [0.15, 0.2) is 67.0 Å². The van der Waals surface area contributed by atoms with E-state index in [2.05, 4.69) is 10.6 Å². The maximum atomic E-state index is 12.8. The van der Waals surface area contributed by atoms with Gasteiger partial charge in [0.25, 0.3) is 5.91 Å². The molecule has 5 nitrogen and oxygen atoms in total. The molecule has 3 rings (SSSR count). The number of pyridine rings is 1. The number of aromatic nitrogens is 1. The van der Waals surface area contributed by atoms with Crippen molar-refractivity contribution >= 4 is 28.3 Å². The highest BCUT2D eigenvalue weighted by Crippen LogP contribution is 2.09. The fourth-order valence-electron chi connectivity index (χ4n) is 2.42. The Hall–Kier alpha value is -3.28. The summed E-state index contributed by atoms with van der Waals surface area (Å²) in [4.78, 5) is 23.8. The fraction of sp³-hybridized carbons (Fsp3) is 0.105. The largest absolute Gasteiger partial charge is 0.342 e. The minimum atomic E-state index is -0.376. The average Bonchev–Trinajstić information content (AvgIpc) is 2.62. The summed E-state index contributed by atoms with van der Waals surface area (Å²) in [7, 11) is 0. The molecule has 1 heterocycles. The van der Waals surface area contributed by atoms with Gasteiger partial charge in [0.05, 0.1) is 6.54 Å². The van der Waals surface area contributed by atoms with Gasteiger partial charge in [-0.3, -0.25) is 9.59 Å². The maximum Gasteiger partial charge on any atom is 0.286 e. The van der Waals surface area contributed by atoms with E-state index in [1.165, 1.54) is 24.3 Å². The van der Waals surface area contributed by atoms with E-state index in [9.17, 15) is 14.0 Å². The molecule has 3 aromatic rings. The lowest BCUT2D eigenvalue weighted by Gasteiger charge is -2.06. The van der Waals surface area contributed by atoms with Gasteiger partial charge in [0.1, 0.15) is 5.82 Å². The van der Waals surface area contributed by atoms with Crippen LogP contribution in [0, 0.1) is 5.82 Å². The molecule has 0 unspecified atom stereocenters. The van der Waals surface area contributed by atoms with E-state index in [1.807, 2.05) is 42.7 Å². The number of hydrogen-bond donors (Lipinski definition) is 2. The summed E-state index contributed by atoms with van der Waals surface area (Å²) in [5.41, 5.74) is 0.476. The Kier molecular flexibility index (Phi) is 4.99. The molecule has 0 aliphatic rings. The van der Waals surface area contributed by atoms with Crippen molar-refractivity contribution in [3.8, 4) is 0 Å². The smallest absolute Gasteiger partial charge is 0.286 e. The number of carbonyl (C=O) groups is 2. The molecule has 2 amide bonds. The van der Waals surface area contributed by atoms with Crippen molar-refractivity contribution < 1.29 is 18.5 Å². The first kappa shape index (κ1) is 16.6. The topological polar surface area (TPSA) is 62.1 Å². The predicted octanol–water partition coefficient (Wildman–Crippen LogP) is 2.02. The second-order valence-corrected chi connectivity index (χ2v) is 5.58. The van der Waals surface area contributed by atoms with Crippen LogP contribution < -0.4 is 15.2 Å². The Morgan fingerprint density at radius 2 is 1.64 bits per heavy atom. The summed E-state index contributed by atoms with van der Waals surface area (Å²) in [5.74, 6) is -1.02. The van der Waals surface area contributed by atoms with Crippen molar-refractivity contribution in [2.24, 2.45) is 0 Å². The van der Waals surface area contributed by atoms with Gasteiger partial charge in [-0.2, -0.15) is 4.57 Å². The zero-order valence-electron chi connectivity index (χ0n) is 13.4. The van der Waals surface area contributed by atoms with Gasteiger partial charge < -0.3 is 10.6 Å². The molecule has 25 heavy (non-hydrogen) atoms. The van der Waals surface area contributed by atoms with Gasteiger partial charge in [0.15, 0.2) is 12.4 Å². The molecule has 0 saturated heterocycles. The highest BCUT2D eigenvalue weighted by molar-refractivity contribution is 5.94. The first-order valence-electron chi connectivity index (χ1n) is 7.80. The molecule has 126 valence electrons. The van der Waals surface area contributed by atoms with Crippen LogP contribution in [0.4, 0.5) is 10.1 Å². The molecule has 0 atom stereocenters. The Morgan fingerprint density at radius 3 is 2.40 bits per heavy atom. The van der Waals surface area contributed by atoms with E-state index in [1.54, 1.807) is 4.57 Å². The molecule has 0 spiro atoms. The Balaban J connectivity index is 1.51. The van der Waals surface area contributed by atoms with Crippen molar-refractivity contribution in [3.05, 3.63) is 72.8 Å². The zero-order valence-corrected chi connectivity index (χ0v) is 13.4. The van der Waals surface area contributed by atoms with Crippen LogP contribution in [0.3, 0.4) is 0 Å². The molecule has 0 aliphatic carbocycles. The second-order valence-electron chi connectivity index (χ2n) is 5.58. The summed E-state index contributed by atoms with van der Waals surface area (Å²) in [6.07, 6.45) is 3.70. The van der Waals surface area contributed by atoms with E-state index >= 15 is 0 Å². The highest BCUT2D eigenvalue weighted by atomic mass is 19.1. The Bertz CT molecular complexity index is 910. The van der Waals surface area contributed by atoms with E-state index in [0.717, 1.165) is 10.8 Å². The van der Waals surface area contributed by atoms with Gasteiger partial charge in [-0.1, -0.05) is 18.2 Å². The number of rotatable bonds is 5. The molecule has 1 aromatic heterocycles. The van der Waals surface area contributed by atoms with Crippen molar-refractivity contribution in [2.75, 3.05) is 11.9 Å². The van der Waals surface area contributed by atoms with Crippen molar-refractivity contribution in [1.82, 2.24) is 5.32 Å². The van der Waals surface area contributed by atoms with Gasteiger partial charge in [-0.05, 0) is 35.7 Å². The standard InChI is InChI=1S/C19H16FN3O2/c20-16-5-7-17(8-6-16)22-18(24)11-21-19(25)13-23-10-9-14-3-1-2-4-15(14)12-23/h1-10,12H,11,13H2,(H-,21,22,24,25)/p+1. The van der Waals surface area contributed by atoms with Gasteiger partial charge in [-0.15, -0.1) is 0 Å². The number of fused-ring (bicyclic) bond motifs is 1. The van der Waals surface area contributed by atoms with Crippen LogP contribution in [-0.4, -0.2) is 18.4 Å². The molecule has 6 heteroatoms. The molecule has 2 N–H and O–H groups in total. The minimum absolute atomic E-state index is 0.120. The molecule has 0 radical (unpaired) electrons. The van der Waals surface area contributed by atoms with E-state index < -0.39 is 0 Å². The third-order valence-electron chi connectivity index (χ3n) is 3.65. The molecule has 0 fully saturated rings. The van der Waals surface area contributed by atoms with Gasteiger partial charge in [0.2, 0.25) is 12.5 Å². The summed E-state index contributed by atoms with van der Waals surface area (Å²) in [6, 6.07) is 15.2. The average molecular weight is 338 g/mol. The number of halogens is 1. The fourth-order valence-corrected chi connectivity index (χ4v) is 2.42. The third kappa shape index (κ3) is 4.60. The van der Waals surface area contributed by atoms with Crippen molar-refractivity contribution in [3.63, 3.8) is 0 Å². The lowest BCUT2D eigenvalue weighted by molar-refractivity contribution is -0.683. The normalized spacial score (nSPS) is 10.4. The number of anilines is 1. The lowest BCUT2D eigenvalue weighted by Crippen LogP contribution is -2.44. The SMILES string of the molecule is O=C(C[n+]1ccc2ccccc2c1)NCC(=O)Nc1ccc(F)cc1. The van der Waals surface area contributed by atoms with Crippen molar-refractivity contribution in [2.45, 2.75) is 6.54 Å². The summed E-state index contributed by atoms with van der Waals surface area (Å²) < 4.78 is 14.6. The zero-order chi connectivity index (χ0) is 17.6. The van der Waals surface area contributed by atoms with Crippen LogP contribution >= 0.6 is 0 Å². The van der Waals surface area contributed by atoms with E-state index in [0.29, 0.717) is 5.69 Å². The quantitative estimate of drug-likeness (QED) is 0.699. The molecule has 2 aromatic carbocycles. The summed E-state index contributed by atoms with van der Waals surface area (Å²) in [6.45, 7) is -0.0288. The van der Waals surface area contributed by atoms with E-state index in [-0.39, 0.29) is 30.7 Å². The number of nitrogens with zero attached hydrogens (tertiary/aromatic N) is 1. The van der Waals surface area contributed by atoms with Gasteiger partial charge in [-0.25, -0.2) is 4.39 Å². The molecule has 0 saturated carbocycles. The Morgan fingerprint density at radius 1 is 0.920 bits per heavy atom. The first-order chi connectivity index (χ1) is 12.1. The number of amides is 2. The van der Waals surface area contributed by atoms with Crippen LogP contribution in [0.25, 0.3) is 10.8 Å². The predicted molar refractivity (Wildman–Crippen MR) is 92.2 cm³/mol. The lowest BCUT2D eigenvalue weighted by atomic mass is 10.2. The Labute approximate surface area is 144 Å². The van der Waals surface area contributed by atoms with Gasteiger partial charge in [0, 0.05) is 17.1 Å². The molecule has 0 aliphatic heterocycles. The monoisotopic (exact) mass is 338 g/mol. The highest BCUT2D eigenvalue weighted by Gasteiger charge is 2.11. The number of benzene rings is 2. The van der Waals surface area contributed by atoms with Crippen LogP contribution in [-0.2, 0) is 16.1 Å². The second kappa shape index (κ2) is 7.53. The summed E-state index contributed by atoms with van der Waals surface area (Å²) in [5, 5.41) is 7.28. The number of hydrogen-bond acceptors (Lipinski definition) is 2.